The number of aromatic nitrogens is 1. The van der Waals surface area contributed by atoms with Crippen molar-refractivity contribution in [3.05, 3.63) is 33.9 Å². The van der Waals surface area contributed by atoms with E-state index in [9.17, 15) is 4.39 Å². The Labute approximate surface area is 109 Å². The van der Waals surface area contributed by atoms with Gasteiger partial charge in [0.05, 0.1) is 5.69 Å². The topological polar surface area (TPSA) is 38.9 Å². The summed E-state index contributed by atoms with van der Waals surface area (Å²) in [6.07, 6.45) is 0. The molecule has 2 aromatic rings. The van der Waals surface area contributed by atoms with Gasteiger partial charge in [0.25, 0.3) is 0 Å². The maximum atomic E-state index is 13.4. The second-order valence-corrected chi connectivity index (χ2v) is 4.50. The molecule has 0 aliphatic heterocycles. The zero-order valence-electron chi connectivity index (χ0n) is 7.41. The van der Waals surface area contributed by atoms with Crippen molar-refractivity contribution >= 4 is 49.4 Å². The summed E-state index contributed by atoms with van der Waals surface area (Å²) < 4.78 is 14.2. The molecule has 2 N–H and O–H groups in total. The minimum Gasteiger partial charge on any atom is -0.375 e. The molecule has 0 spiro atoms. The molecular weight excluding hydrogens is 347 g/mol. The molecule has 0 atom stereocenters. The highest BCUT2D eigenvalue weighted by Crippen LogP contribution is 2.27. The molecule has 0 aliphatic carbocycles. The van der Waals surface area contributed by atoms with Crippen LogP contribution in [-0.4, -0.2) is 4.98 Å². The summed E-state index contributed by atoms with van der Waals surface area (Å²) in [5.41, 5.74) is 6.52. The van der Waals surface area contributed by atoms with Crippen molar-refractivity contribution in [3.8, 4) is 11.3 Å². The molecule has 1 heterocycles. The van der Waals surface area contributed by atoms with Crippen LogP contribution >= 0.6 is 44.2 Å². The first kappa shape index (κ1) is 12.6. The van der Waals surface area contributed by atoms with Gasteiger partial charge in [-0.15, -0.1) is 28.3 Å². The Morgan fingerprint density at radius 1 is 1.40 bits per heavy atom. The molecule has 0 amide bonds. The maximum Gasteiger partial charge on any atom is 0.180 e. The van der Waals surface area contributed by atoms with E-state index in [4.69, 9.17) is 5.73 Å². The van der Waals surface area contributed by atoms with Crippen molar-refractivity contribution in [1.29, 1.82) is 0 Å². The first-order valence-corrected chi connectivity index (χ1v) is 5.50. The summed E-state index contributed by atoms with van der Waals surface area (Å²) >= 11 is 4.58. The SMILES string of the molecule is Br.Nc1nc(-c2cc(Br)ccc2F)cs1. The number of anilines is 1. The van der Waals surface area contributed by atoms with Crippen LogP contribution in [0.2, 0.25) is 0 Å². The highest BCUT2D eigenvalue weighted by molar-refractivity contribution is 9.10. The first-order chi connectivity index (χ1) is 6.66. The fraction of sp³-hybridized carbons (Fsp3) is 0. The number of nitrogen functional groups attached to an aromatic ring is 1. The van der Waals surface area contributed by atoms with Gasteiger partial charge in [-0.05, 0) is 18.2 Å². The predicted octanol–water partition coefficient (Wildman–Crippen LogP) is 3.87. The molecule has 0 bridgehead atoms. The lowest BCUT2D eigenvalue weighted by atomic mass is 10.2. The fourth-order valence-corrected chi connectivity index (χ4v) is 2.03. The molecule has 0 fully saturated rings. The zero-order valence-corrected chi connectivity index (χ0v) is 11.5. The molecule has 2 rings (SSSR count). The highest BCUT2D eigenvalue weighted by Gasteiger charge is 2.08. The minimum atomic E-state index is -0.293. The number of thiazole rings is 1. The van der Waals surface area contributed by atoms with Crippen LogP contribution in [0.5, 0.6) is 0 Å². The predicted molar refractivity (Wildman–Crippen MR) is 69.9 cm³/mol. The molecule has 15 heavy (non-hydrogen) atoms. The van der Waals surface area contributed by atoms with Gasteiger partial charge in [-0.25, -0.2) is 9.37 Å². The smallest absolute Gasteiger partial charge is 0.180 e. The van der Waals surface area contributed by atoms with E-state index in [2.05, 4.69) is 20.9 Å². The van der Waals surface area contributed by atoms with Crippen LogP contribution in [0.4, 0.5) is 9.52 Å². The highest BCUT2D eigenvalue weighted by atomic mass is 79.9. The summed E-state index contributed by atoms with van der Waals surface area (Å²) in [6, 6.07) is 4.73. The van der Waals surface area contributed by atoms with E-state index in [1.807, 2.05) is 0 Å². The molecule has 1 aromatic heterocycles. The third-order valence-electron chi connectivity index (χ3n) is 1.73. The van der Waals surface area contributed by atoms with Crippen molar-refractivity contribution < 1.29 is 4.39 Å². The monoisotopic (exact) mass is 352 g/mol. The average molecular weight is 354 g/mol. The fourth-order valence-electron chi connectivity index (χ4n) is 1.11. The van der Waals surface area contributed by atoms with Gasteiger partial charge >= 0.3 is 0 Å². The van der Waals surface area contributed by atoms with Crippen LogP contribution in [0.25, 0.3) is 11.3 Å². The lowest BCUT2D eigenvalue weighted by molar-refractivity contribution is 0.630. The normalized spacial score (nSPS) is 9.73. The second kappa shape index (κ2) is 5.05. The number of halogens is 3. The molecule has 80 valence electrons. The number of hydrogen-bond donors (Lipinski definition) is 1. The van der Waals surface area contributed by atoms with Gasteiger partial charge < -0.3 is 5.73 Å². The average Bonchev–Trinajstić information content (AvgIpc) is 2.56. The summed E-state index contributed by atoms with van der Waals surface area (Å²) in [4.78, 5) is 4.02. The van der Waals surface area contributed by atoms with Crippen molar-refractivity contribution in [2.75, 3.05) is 5.73 Å². The quantitative estimate of drug-likeness (QED) is 0.845. The van der Waals surface area contributed by atoms with Crippen molar-refractivity contribution in [2.45, 2.75) is 0 Å². The van der Waals surface area contributed by atoms with Crippen LogP contribution < -0.4 is 5.73 Å². The minimum absolute atomic E-state index is 0. The van der Waals surface area contributed by atoms with Crippen LogP contribution in [0.3, 0.4) is 0 Å². The lowest BCUT2D eigenvalue weighted by Crippen LogP contribution is -1.86. The van der Waals surface area contributed by atoms with E-state index in [1.54, 1.807) is 17.5 Å². The van der Waals surface area contributed by atoms with Crippen LogP contribution in [0.15, 0.2) is 28.1 Å². The van der Waals surface area contributed by atoms with Gasteiger partial charge in [0.15, 0.2) is 5.13 Å². The number of nitrogens with two attached hydrogens (primary N) is 1. The summed E-state index contributed by atoms with van der Waals surface area (Å²) in [5.74, 6) is -0.293. The molecule has 0 saturated heterocycles. The third-order valence-corrected chi connectivity index (χ3v) is 2.89. The van der Waals surface area contributed by atoms with Crippen LogP contribution in [-0.2, 0) is 0 Å². The summed E-state index contributed by atoms with van der Waals surface area (Å²) in [7, 11) is 0. The maximum absolute atomic E-state index is 13.4. The van der Waals surface area contributed by atoms with Crippen molar-refractivity contribution in [2.24, 2.45) is 0 Å². The second-order valence-electron chi connectivity index (χ2n) is 2.70. The van der Waals surface area contributed by atoms with Crippen molar-refractivity contribution in [1.82, 2.24) is 4.98 Å². The lowest BCUT2D eigenvalue weighted by Gasteiger charge is -1.99. The largest absolute Gasteiger partial charge is 0.375 e. The van der Waals surface area contributed by atoms with E-state index in [0.717, 1.165) is 4.47 Å². The van der Waals surface area contributed by atoms with Gasteiger partial charge in [0.1, 0.15) is 5.82 Å². The molecule has 0 radical (unpaired) electrons. The van der Waals surface area contributed by atoms with E-state index in [1.165, 1.54) is 17.4 Å². The molecular formula is C9H7Br2FN2S. The Bertz CT molecular complexity index is 473. The Morgan fingerprint density at radius 2 is 2.13 bits per heavy atom. The van der Waals surface area contributed by atoms with E-state index in [-0.39, 0.29) is 22.8 Å². The first-order valence-electron chi connectivity index (χ1n) is 3.83. The molecule has 0 unspecified atom stereocenters. The van der Waals surface area contributed by atoms with E-state index in [0.29, 0.717) is 16.4 Å². The molecule has 1 aromatic carbocycles. The number of nitrogens with zero attached hydrogens (tertiary/aromatic N) is 1. The molecule has 6 heteroatoms. The Hall–Kier alpha value is -0.460. The Kier molecular flexibility index (Phi) is 4.24. The van der Waals surface area contributed by atoms with Gasteiger partial charge in [-0.3, -0.25) is 0 Å². The number of rotatable bonds is 1. The molecule has 0 aliphatic rings. The van der Waals surface area contributed by atoms with Gasteiger partial charge in [0.2, 0.25) is 0 Å². The van der Waals surface area contributed by atoms with Crippen molar-refractivity contribution in [3.63, 3.8) is 0 Å². The van der Waals surface area contributed by atoms with Gasteiger partial charge in [-0.2, -0.15) is 0 Å². The van der Waals surface area contributed by atoms with Gasteiger partial charge in [-0.1, -0.05) is 15.9 Å². The third kappa shape index (κ3) is 2.76. The van der Waals surface area contributed by atoms with E-state index < -0.39 is 0 Å². The summed E-state index contributed by atoms with van der Waals surface area (Å²) in [5, 5.41) is 2.18. The standard InChI is InChI=1S/C9H6BrFN2S.BrH/c10-5-1-2-7(11)6(3-5)8-4-14-9(12)13-8;/h1-4H,(H2,12,13);1H. The zero-order chi connectivity index (χ0) is 10.1. The van der Waals surface area contributed by atoms with Gasteiger partial charge in [0, 0.05) is 15.4 Å². The van der Waals surface area contributed by atoms with Crippen LogP contribution in [0, 0.1) is 5.82 Å². The number of hydrogen-bond acceptors (Lipinski definition) is 3. The molecule has 0 saturated carbocycles. The Balaban J connectivity index is 0.00000112. The Morgan fingerprint density at radius 3 is 2.73 bits per heavy atom. The summed E-state index contributed by atoms with van der Waals surface area (Å²) in [6.45, 7) is 0. The molecule has 2 nitrogen and oxygen atoms in total. The van der Waals surface area contributed by atoms with E-state index >= 15 is 0 Å². The number of benzene rings is 1. The van der Waals surface area contributed by atoms with Crippen LogP contribution in [0.1, 0.15) is 0 Å².